The maximum atomic E-state index is 13.1. The Bertz CT molecular complexity index is 376. The Hall–Kier alpha value is -0.890. The predicted octanol–water partition coefficient (Wildman–Crippen LogP) is 4.08. The molecule has 0 amide bonds. The monoisotopic (exact) mass is 236 g/mol. The van der Waals surface area contributed by atoms with Gasteiger partial charge in [-0.1, -0.05) is 26.0 Å². The summed E-state index contributed by atoms with van der Waals surface area (Å²) in [4.78, 5) is 0. The first-order valence-corrected chi connectivity index (χ1v) is 6.41. The Labute approximate surface area is 103 Å². The quantitative estimate of drug-likeness (QED) is 0.820. The second kappa shape index (κ2) is 4.77. The third-order valence-electron chi connectivity index (χ3n) is 4.02. The van der Waals surface area contributed by atoms with Crippen LogP contribution in [0.5, 0.6) is 0 Å². The predicted molar refractivity (Wildman–Crippen MR) is 67.1 cm³/mol. The highest BCUT2D eigenvalue weighted by molar-refractivity contribution is 5.19. The van der Waals surface area contributed by atoms with Crippen molar-refractivity contribution in [1.29, 1.82) is 0 Å². The van der Waals surface area contributed by atoms with Gasteiger partial charge in [0.05, 0.1) is 6.10 Å². The van der Waals surface area contributed by atoms with Crippen LogP contribution in [0.2, 0.25) is 0 Å². The summed E-state index contributed by atoms with van der Waals surface area (Å²) in [5, 5.41) is 10.3. The first-order chi connectivity index (χ1) is 7.98. The number of hydrogen-bond donors (Lipinski definition) is 1. The van der Waals surface area contributed by atoms with Crippen molar-refractivity contribution >= 4 is 0 Å². The number of rotatable bonds is 2. The van der Waals surface area contributed by atoms with Crippen LogP contribution >= 0.6 is 0 Å². The Morgan fingerprint density at radius 1 is 1.29 bits per heavy atom. The number of aliphatic hydroxyl groups excluding tert-OH is 1. The van der Waals surface area contributed by atoms with Gasteiger partial charge in [-0.2, -0.15) is 0 Å². The molecule has 0 bridgehead atoms. The van der Waals surface area contributed by atoms with Crippen LogP contribution in [0.15, 0.2) is 24.3 Å². The van der Waals surface area contributed by atoms with E-state index in [0.717, 1.165) is 31.2 Å². The van der Waals surface area contributed by atoms with Crippen molar-refractivity contribution in [3.05, 3.63) is 35.6 Å². The Morgan fingerprint density at radius 3 is 2.53 bits per heavy atom. The van der Waals surface area contributed by atoms with Gasteiger partial charge in [0.25, 0.3) is 0 Å². The van der Waals surface area contributed by atoms with E-state index in [4.69, 9.17) is 0 Å². The van der Waals surface area contributed by atoms with Crippen molar-refractivity contribution in [2.24, 2.45) is 11.3 Å². The summed E-state index contributed by atoms with van der Waals surface area (Å²) in [6, 6.07) is 6.35. The van der Waals surface area contributed by atoms with Crippen molar-refractivity contribution < 1.29 is 9.50 Å². The first-order valence-electron chi connectivity index (χ1n) is 6.41. The zero-order chi connectivity index (χ0) is 12.5. The van der Waals surface area contributed by atoms with Gasteiger partial charge in [0.2, 0.25) is 0 Å². The smallest absolute Gasteiger partial charge is 0.123 e. The maximum Gasteiger partial charge on any atom is 0.123 e. The standard InChI is InChI=1S/C15H21FO/c1-15(2)8-6-11(7-9-15)14(17)12-4-3-5-13(16)10-12/h3-5,10-11,14,17H,6-9H2,1-2H3. The summed E-state index contributed by atoms with van der Waals surface area (Å²) in [6.45, 7) is 4.55. The molecule has 1 N–H and O–H groups in total. The van der Waals surface area contributed by atoms with E-state index in [1.807, 2.05) is 6.07 Å². The normalized spacial score (nSPS) is 22.4. The fraction of sp³-hybridized carbons (Fsp3) is 0.600. The van der Waals surface area contributed by atoms with E-state index in [1.54, 1.807) is 6.07 Å². The van der Waals surface area contributed by atoms with E-state index >= 15 is 0 Å². The highest BCUT2D eigenvalue weighted by Gasteiger charge is 2.31. The SMILES string of the molecule is CC1(C)CCC(C(O)c2cccc(F)c2)CC1. The number of aliphatic hydroxyl groups is 1. The van der Waals surface area contributed by atoms with Crippen molar-refractivity contribution in [3.8, 4) is 0 Å². The molecule has 0 saturated heterocycles. The van der Waals surface area contributed by atoms with E-state index in [-0.39, 0.29) is 11.7 Å². The van der Waals surface area contributed by atoms with Crippen LogP contribution in [0.3, 0.4) is 0 Å². The van der Waals surface area contributed by atoms with Gasteiger partial charge >= 0.3 is 0 Å². The molecule has 17 heavy (non-hydrogen) atoms. The molecule has 1 aliphatic carbocycles. The molecule has 1 aliphatic rings. The van der Waals surface area contributed by atoms with Crippen LogP contribution in [-0.4, -0.2) is 5.11 Å². The second-order valence-corrected chi connectivity index (χ2v) is 6.00. The lowest BCUT2D eigenvalue weighted by atomic mass is 9.71. The van der Waals surface area contributed by atoms with Crippen LogP contribution < -0.4 is 0 Å². The minimum atomic E-state index is -0.512. The molecule has 0 heterocycles. The Balaban J connectivity index is 2.04. The topological polar surface area (TPSA) is 20.2 Å². The second-order valence-electron chi connectivity index (χ2n) is 6.00. The minimum Gasteiger partial charge on any atom is -0.388 e. The van der Waals surface area contributed by atoms with Crippen LogP contribution in [0, 0.1) is 17.2 Å². The van der Waals surface area contributed by atoms with Gasteiger partial charge in [-0.25, -0.2) is 4.39 Å². The summed E-state index contributed by atoms with van der Waals surface area (Å²) in [5.41, 5.74) is 1.12. The lowest BCUT2D eigenvalue weighted by Gasteiger charge is -2.36. The molecule has 1 fully saturated rings. The van der Waals surface area contributed by atoms with Gasteiger partial charge in [0, 0.05) is 0 Å². The molecule has 0 aromatic heterocycles. The summed E-state index contributed by atoms with van der Waals surface area (Å²) < 4.78 is 13.1. The highest BCUT2D eigenvalue weighted by atomic mass is 19.1. The maximum absolute atomic E-state index is 13.1. The van der Waals surface area contributed by atoms with E-state index in [2.05, 4.69) is 13.8 Å². The molecule has 0 aliphatic heterocycles. The van der Waals surface area contributed by atoms with Gasteiger partial charge in [-0.3, -0.25) is 0 Å². The third kappa shape index (κ3) is 3.06. The van der Waals surface area contributed by atoms with Crippen molar-refractivity contribution in [2.75, 3.05) is 0 Å². The molecule has 0 radical (unpaired) electrons. The molecule has 2 rings (SSSR count). The third-order valence-corrected chi connectivity index (χ3v) is 4.02. The lowest BCUT2D eigenvalue weighted by Crippen LogP contribution is -2.25. The molecule has 2 heteroatoms. The number of hydrogen-bond acceptors (Lipinski definition) is 1. The molecule has 1 saturated carbocycles. The summed E-state index contributed by atoms with van der Waals surface area (Å²) >= 11 is 0. The highest BCUT2D eigenvalue weighted by Crippen LogP contribution is 2.42. The van der Waals surface area contributed by atoms with Gasteiger partial charge in [-0.15, -0.1) is 0 Å². The molecule has 94 valence electrons. The van der Waals surface area contributed by atoms with Crippen molar-refractivity contribution in [2.45, 2.75) is 45.6 Å². The largest absolute Gasteiger partial charge is 0.388 e. The fourth-order valence-electron chi connectivity index (χ4n) is 2.70. The average molecular weight is 236 g/mol. The van der Waals surface area contributed by atoms with Crippen LogP contribution in [0.25, 0.3) is 0 Å². The minimum absolute atomic E-state index is 0.266. The van der Waals surface area contributed by atoms with Gasteiger partial charge in [0.1, 0.15) is 5.82 Å². The first kappa shape index (κ1) is 12.6. The van der Waals surface area contributed by atoms with Crippen LogP contribution in [0.4, 0.5) is 4.39 Å². The van der Waals surface area contributed by atoms with E-state index in [0.29, 0.717) is 5.41 Å². The van der Waals surface area contributed by atoms with E-state index < -0.39 is 6.10 Å². The molecule has 1 unspecified atom stereocenters. The lowest BCUT2D eigenvalue weighted by molar-refractivity contribution is 0.0565. The molecule has 1 atom stereocenters. The van der Waals surface area contributed by atoms with Crippen molar-refractivity contribution in [3.63, 3.8) is 0 Å². The zero-order valence-corrected chi connectivity index (χ0v) is 10.6. The Morgan fingerprint density at radius 2 is 1.94 bits per heavy atom. The molecule has 1 nitrogen and oxygen atoms in total. The van der Waals surface area contributed by atoms with Gasteiger partial charge in [0.15, 0.2) is 0 Å². The van der Waals surface area contributed by atoms with Crippen LogP contribution in [-0.2, 0) is 0 Å². The van der Waals surface area contributed by atoms with Crippen LogP contribution in [0.1, 0.15) is 51.2 Å². The Kier molecular flexibility index (Phi) is 3.53. The summed E-state index contributed by atoms with van der Waals surface area (Å²) in [7, 11) is 0. The van der Waals surface area contributed by atoms with Gasteiger partial charge in [-0.05, 0) is 54.7 Å². The number of benzene rings is 1. The molecular weight excluding hydrogens is 215 g/mol. The van der Waals surface area contributed by atoms with E-state index in [9.17, 15) is 9.50 Å². The summed E-state index contributed by atoms with van der Waals surface area (Å²) in [6.07, 6.45) is 3.84. The molecule has 1 aromatic carbocycles. The molecule has 0 spiro atoms. The van der Waals surface area contributed by atoms with E-state index in [1.165, 1.54) is 12.1 Å². The molecule has 1 aromatic rings. The number of halogens is 1. The average Bonchev–Trinajstić information content (AvgIpc) is 2.28. The fourth-order valence-corrected chi connectivity index (χ4v) is 2.70. The summed E-state index contributed by atoms with van der Waals surface area (Å²) in [5.74, 6) is 0.0162. The van der Waals surface area contributed by atoms with Crippen molar-refractivity contribution in [1.82, 2.24) is 0 Å². The zero-order valence-electron chi connectivity index (χ0n) is 10.6. The van der Waals surface area contributed by atoms with Gasteiger partial charge < -0.3 is 5.11 Å². The molecular formula is C15H21FO.